The van der Waals surface area contributed by atoms with Crippen LogP contribution in [-0.4, -0.2) is 32.1 Å². The predicted molar refractivity (Wildman–Crippen MR) is 93.9 cm³/mol. The number of fused-ring (bicyclic) bond motifs is 1. The van der Waals surface area contributed by atoms with Gasteiger partial charge in [-0.25, -0.2) is 8.42 Å². The van der Waals surface area contributed by atoms with Crippen LogP contribution in [0, 0.1) is 0 Å². The van der Waals surface area contributed by atoms with Crippen LogP contribution in [0.4, 0.5) is 0 Å². The highest BCUT2D eigenvalue weighted by molar-refractivity contribution is 7.90. The summed E-state index contributed by atoms with van der Waals surface area (Å²) in [4.78, 5) is 15.6. The van der Waals surface area contributed by atoms with Crippen LogP contribution in [0.3, 0.4) is 0 Å². The smallest absolute Gasteiger partial charge is 0.252 e. The van der Waals surface area contributed by atoms with Crippen molar-refractivity contribution in [1.82, 2.24) is 10.3 Å². The van der Waals surface area contributed by atoms with Gasteiger partial charge < -0.3 is 10.3 Å². The largest absolute Gasteiger partial charge is 0.361 e. The molecule has 124 valence electrons. The zero-order valence-corrected chi connectivity index (χ0v) is 14.1. The molecule has 0 fully saturated rings. The molecular weight excluding hydrogens is 324 g/mol. The van der Waals surface area contributed by atoms with Crippen LogP contribution in [0.15, 0.2) is 59.6 Å². The molecule has 0 saturated heterocycles. The summed E-state index contributed by atoms with van der Waals surface area (Å²) >= 11 is 0. The highest BCUT2D eigenvalue weighted by Gasteiger charge is 2.17. The van der Waals surface area contributed by atoms with E-state index in [1.165, 1.54) is 12.1 Å². The number of para-hydroxylation sites is 1. The van der Waals surface area contributed by atoms with Crippen LogP contribution in [0.2, 0.25) is 0 Å². The third-order valence-corrected chi connectivity index (χ3v) is 5.04. The monoisotopic (exact) mass is 342 g/mol. The van der Waals surface area contributed by atoms with Gasteiger partial charge in [0.15, 0.2) is 9.84 Å². The van der Waals surface area contributed by atoms with Crippen LogP contribution >= 0.6 is 0 Å². The summed E-state index contributed by atoms with van der Waals surface area (Å²) in [6.07, 6.45) is 3.70. The molecule has 0 spiro atoms. The van der Waals surface area contributed by atoms with Crippen LogP contribution in [-0.2, 0) is 16.3 Å². The molecule has 2 N–H and O–H groups in total. The van der Waals surface area contributed by atoms with E-state index >= 15 is 0 Å². The minimum atomic E-state index is -3.44. The van der Waals surface area contributed by atoms with Crippen molar-refractivity contribution in [2.24, 2.45) is 0 Å². The van der Waals surface area contributed by atoms with Gasteiger partial charge in [0.05, 0.1) is 10.5 Å². The molecule has 24 heavy (non-hydrogen) atoms. The Morgan fingerprint density at radius 2 is 1.79 bits per heavy atom. The number of aromatic amines is 1. The van der Waals surface area contributed by atoms with Crippen molar-refractivity contribution in [1.29, 1.82) is 0 Å². The zero-order valence-electron chi connectivity index (χ0n) is 13.2. The van der Waals surface area contributed by atoms with Gasteiger partial charge in [-0.05, 0) is 30.2 Å². The Hall–Kier alpha value is -2.60. The molecule has 0 saturated carbocycles. The first-order chi connectivity index (χ1) is 11.5. The topological polar surface area (TPSA) is 79.0 Å². The zero-order chi connectivity index (χ0) is 17.2. The third-order valence-electron chi connectivity index (χ3n) is 3.89. The van der Waals surface area contributed by atoms with Crippen molar-refractivity contribution < 1.29 is 13.2 Å². The van der Waals surface area contributed by atoms with Gasteiger partial charge in [-0.2, -0.15) is 0 Å². The first-order valence-corrected chi connectivity index (χ1v) is 9.48. The number of aromatic nitrogens is 1. The Labute approximate surface area is 140 Å². The highest BCUT2D eigenvalue weighted by Crippen LogP contribution is 2.18. The maximum atomic E-state index is 12.3. The first kappa shape index (κ1) is 16.3. The molecule has 0 aliphatic heterocycles. The maximum absolute atomic E-state index is 12.3. The van der Waals surface area contributed by atoms with Crippen molar-refractivity contribution in [3.8, 4) is 0 Å². The maximum Gasteiger partial charge on any atom is 0.252 e. The van der Waals surface area contributed by atoms with E-state index in [1.807, 2.05) is 30.5 Å². The van der Waals surface area contributed by atoms with Gasteiger partial charge >= 0.3 is 0 Å². The SMILES string of the molecule is CS(=O)(=O)c1ccccc1C(=O)NCCc1c[nH]c2ccccc12. The summed E-state index contributed by atoms with van der Waals surface area (Å²) in [6, 6.07) is 14.2. The molecule has 0 aliphatic rings. The number of carbonyl (C=O) groups excluding carboxylic acids is 1. The molecule has 0 aliphatic carbocycles. The summed E-state index contributed by atoms with van der Waals surface area (Å²) in [5.74, 6) is -0.379. The molecule has 6 heteroatoms. The average Bonchev–Trinajstić information content (AvgIpc) is 2.97. The van der Waals surface area contributed by atoms with Crippen LogP contribution < -0.4 is 5.32 Å². The quantitative estimate of drug-likeness (QED) is 0.748. The van der Waals surface area contributed by atoms with E-state index in [0.717, 1.165) is 22.7 Å². The van der Waals surface area contributed by atoms with Gasteiger partial charge in [-0.1, -0.05) is 30.3 Å². The van der Waals surface area contributed by atoms with Crippen LogP contribution in [0.5, 0.6) is 0 Å². The number of nitrogens with one attached hydrogen (secondary N) is 2. The number of carbonyl (C=O) groups is 1. The lowest BCUT2D eigenvalue weighted by molar-refractivity contribution is 0.0951. The molecule has 1 amide bonds. The number of sulfone groups is 1. The van der Waals surface area contributed by atoms with E-state index in [1.54, 1.807) is 12.1 Å². The van der Waals surface area contributed by atoms with Crippen molar-refractivity contribution >= 4 is 26.6 Å². The lowest BCUT2D eigenvalue weighted by Crippen LogP contribution is -2.27. The average molecular weight is 342 g/mol. The van der Waals surface area contributed by atoms with E-state index in [-0.39, 0.29) is 16.4 Å². The molecule has 1 aromatic heterocycles. The van der Waals surface area contributed by atoms with Gasteiger partial charge in [0, 0.05) is 29.9 Å². The fraction of sp³-hybridized carbons (Fsp3) is 0.167. The fourth-order valence-corrected chi connectivity index (χ4v) is 3.61. The second-order valence-electron chi connectivity index (χ2n) is 5.63. The predicted octanol–water partition coefficient (Wildman–Crippen LogP) is 2.54. The van der Waals surface area contributed by atoms with Gasteiger partial charge in [-0.3, -0.25) is 4.79 Å². The molecule has 0 bridgehead atoms. The number of hydrogen-bond donors (Lipinski definition) is 2. The van der Waals surface area contributed by atoms with Gasteiger partial charge in [0.25, 0.3) is 5.91 Å². The molecular formula is C18H18N2O3S. The van der Waals surface area contributed by atoms with Gasteiger partial charge in [0.1, 0.15) is 0 Å². The van der Waals surface area contributed by atoms with E-state index in [4.69, 9.17) is 0 Å². The Morgan fingerprint density at radius 1 is 1.08 bits per heavy atom. The second kappa shape index (κ2) is 6.49. The standard InChI is InChI=1S/C18H18N2O3S/c1-24(22,23)17-9-5-3-7-15(17)18(21)19-11-10-13-12-20-16-8-4-2-6-14(13)16/h2-9,12,20H,10-11H2,1H3,(H,19,21). The molecule has 2 aromatic carbocycles. The van der Waals surface area contributed by atoms with Gasteiger partial charge in [0.2, 0.25) is 0 Å². The van der Waals surface area contributed by atoms with Crippen molar-refractivity contribution in [3.05, 3.63) is 65.9 Å². The minimum absolute atomic E-state index is 0.0506. The highest BCUT2D eigenvalue weighted by atomic mass is 32.2. The molecule has 5 nitrogen and oxygen atoms in total. The summed E-state index contributed by atoms with van der Waals surface area (Å²) < 4.78 is 23.6. The lowest BCUT2D eigenvalue weighted by Gasteiger charge is -2.08. The van der Waals surface area contributed by atoms with Crippen molar-refractivity contribution in [2.45, 2.75) is 11.3 Å². The molecule has 3 rings (SSSR count). The Bertz CT molecular complexity index is 990. The lowest BCUT2D eigenvalue weighted by atomic mass is 10.1. The van der Waals surface area contributed by atoms with Crippen LogP contribution in [0.25, 0.3) is 10.9 Å². The van der Waals surface area contributed by atoms with Crippen molar-refractivity contribution in [3.63, 3.8) is 0 Å². The Morgan fingerprint density at radius 3 is 2.58 bits per heavy atom. The summed E-state index contributed by atoms with van der Waals surface area (Å²) in [5.41, 5.74) is 2.35. The van der Waals surface area contributed by atoms with Crippen LogP contribution in [0.1, 0.15) is 15.9 Å². The van der Waals surface area contributed by atoms with E-state index < -0.39 is 9.84 Å². The summed E-state index contributed by atoms with van der Waals surface area (Å²) in [5, 5.41) is 3.93. The second-order valence-corrected chi connectivity index (χ2v) is 7.62. The first-order valence-electron chi connectivity index (χ1n) is 7.59. The van der Waals surface area contributed by atoms with Gasteiger partial charge in [-0.15, -0.1) is 0 Å². The summed E-state index contributed by atoms with van der Waals surface area (Å²) in [7, 11) is -3.44. The molecule has 0 atom stereocenters. The normalized spacial score (nSPS) is 11.5. The molecule has 3 aromatic rings. The number of amides is 1. The van der Waals surface area contributed by atoms with E-state index in [0.29, 0.717) is 13.0 Å². The summed E-state index contributed by atoms with van der Waals surface area (Å²) in [6.45, 7) is 0.429. The Balaban J connectivity index is 1.71. The molecule has 1 heterocycles. The van der Waals surface area contributed by atoms with E-state index in [2.05, 4.69) is 10.3 Å². The van der Waals surface area contributed by atoms with Crippen molar-refractivity contribution in [2.75, 3.05) is 12.8 Å². The van der Waals surface area contributed by atoms with E-state index in [9.17, 15) is 13.2 Å². The number of benzene rings is 2. The fourth-order valence-electron chi connectivity index (χ4n) is 2.72. The minimum Gasteiger partial charge on any atom is -0.361 e. The number of H-pyrrole nitrogens is 1. The number of hydrogen-bond acceptors (Lipinski definition) is 3. The molecule has 0 radical (unpaired) electrons. The Kier molecular flexibility index (Phi) is 4.40. The third kappa shape index (κ3) is 3.33. The molecule has 0 unspecified atom stereocenters. The number of rotatable bonds is 5.